The van der Waals surface area contributed by atoms with Crippen molar-refractivity contribution in [2.45, 2.75) is 44.3 Å². The summed E-state index contributed by atoms with van der Waals surface area (Å²) in [6.07, 6.45) is 6.26. The van der Waals surface area contributed by atoms with E-state index in [2.05, 4.69) is 39.5 Å². The lowest BCUT2D eigenvalue weighted by atomic mass is 10.1. The van der Waals surface area contributed by atoms with E-state index in [1.54, 1.807) is 0 Å². The molecule has 0 aliphatic carbocycles. The highest BCUT2D eigenvalue weighted by Crippen LogP contribution is 2.25. The van der Waals surface area contributed by atoms with Crippen molar-refractivity contribution in [3.8, 4) is 5.75 Å². The van der Waals surface area contributed by atoms with Gasteiger partial charge in [-0.15, -0.1) is 0 Å². The minimum absolute atomic E-state index is 0.294. The predicted octanol–water partition coefficient (Wildman–Crippen LogP) is 3.84. The molecule has 0 spiro atoms. The zero-order valence-corrected chi connectivity index (χ0v) is 18.6. The summed E-state index contributed by atoms with van der Waals surface area (Å²) in [5, 5.41) is 5.79. The van der Waals surface area contributed by atoms with E-state index in [9.17, 15) is 0 Å². The van der Waals surface area contributed by atoms with Crippen molar-refractivity contribution in [3.63, 3.8) is 0 Å². The van der Waals surface area contributed by atoms with Gasteiger partial charge in [-0.2, -0.15) is 0 Å². The molecule has 2 aliphatic heterocycles. The Kier molecular flexibility index (Phi) is 8.02. The van der Waals surface area contributed by atoms with Gasteiger partial charge in [-0.3, -0.25) is 4.99 Å². The van der Waals surface area contributed by atoms with E-state index in [0.29, 0.717) is 25.4 Å². The Morgan fingerprint density at radius 3 is 2.74 bits per heavy atom. The Hall–Kier alpha value is -2.31. The number of hydrogen-bond acceptors (Lipinski definition) is 4. The molecule has 31 heavy (non-hydrogen) atoms. The number of ether oxygens (including phenoxy) is 3. The molecule has 2 saturated heterocycles. The summed E-state index contributed by atoms with van der Waals surface area (Å²) in [6, 6.07) is 14.5. The van der Waals surface area contributed by atoms with Gasteiger partial charge in [-0.05, 0) is 43.6 Å². The molecule has 1 atom stereocenters. The average Bonchev–Trinajstić information content (AvgIpc) is 2.84. The summed E-state index contributed by atoms with van der Waals surface area (Å²) in [5.74, 6) is 1.87. The molecule has 168 valence electrons. The van der Waals surface area contributed by atoms with Gasteiger partial charge in [-0.25, -0.2) is 0 Å². The molecular formula is C25H35N3O3. The first-order valence-corrected chi connectivity index (χ1v) is 11.6. The van der Waals surface area contributed by atoms with Crippen molar-refractivity contribution in [2.75, 3.05) is 46.5 Å². The normalized spacial score (nSPS) is 20.7. The maximum Gasteiger partial charge on any atom is 0.193 e. The Labute approximate surface area is 185 Å². The van der Waals surface area contributed by atoms with Crippen LogP contribution in [-0.2, 0) is 9.47 Å². The molecule has 6 nitrogen and oxygen atoms in total. The summed E-state index contributed by atoms with van der Waals surface area (Å²) in [5.41, 5.74) is 0. The topological polar surface area (TPSA) is 55.3 Å². The van der Waals surface area contributed by atoms with Gasteiger partial charge in [0.2, 0.25) is 0 Å². The Bertz CT molecular complexity index is 838. The van der Waals surface area contributed by atoms with Crippen molar-refractivity contribution >= 4 is 16.7 Å². The Morgan fingerprint density at radius 1 is 1.10 bits per heavy atom. The summed E-state index contributed by atoms with van der Waals surface area (Å²) >= 11 is 0. The van der Waals surface area contributed by atoms with Gasteiger partial charge in [-0.1, -0.05) is 36.4 Å². The number of nitrogens with zero attached hydrogens (tertiary/aromatic N) is 2. The van der Waals surface area contributed by atoms with E-state index in [-0.39, 0.29) is 0 Å². The minimum Gasteiger partial charge on any atom is -0.491 e. The molecular weight excluding hydrogens is 390 g/mol. The lowest BCUT2D eigenvalue weighted by molar-refractivity contribution is -0.0721. The van der Waals surface area contributed by atoms with Gasteiger partial charge >= 0.3 is 0 Å². The van der Waals surface area contributed by atoms with Crippen LogP contribution in [0.15, 0.2) is 47.5 Å². The van der Waals surface area contributed by atoms with Gasteiger partial charge in [0.15, 0.2) is 5.96 Å². The molecule has 0 saturated carbocycles. The number of hydrogen-bond donors (Lipinski definition) is 1. The Balaban J connectivity index is 1.17. The molecule has 0 aromatic heterocycles. The summed E-state index contributed by atoms with van der Waals surface area (Å²) in [4.78, 5) is 6.78. The summed E-state index contributed by atoms with van der Waals surface area (Å²) < 4.78 is 18.0. The van der Waals surface area contributed by atoms with Crippen LogP contribution in [0, 0.1) is 0 Å². The monoisotopic (exact) mass is 425 g/mol. The van der Waals surface area contributed by atoms with E-state index in [1.165, 1.54) is 18.2 Å². The van der Waals surface area contributed by atoms with Crippen LogP contribution in [-0.4, -0.2) is 69.6 Å². The van der Waals surface area contributed by atoms with Crippen LogP contribution in [0.3, 0.4) is 0 Å². The molecule has 2 aliphatic rings. The van der Waals surface area contributed by atoms with E-state index in [0.717, 1.165) is 62.7 Å². The molecule has 1 N–H and O–H groups in total. The van der Waals surface area contributed by atoms with Crippen LogP contribution in [0.2, 0.25) is 0 Å². The number of likely N-dealkylation sites (tertiary alicyclic amines) is 1. The van der Waals surface area contributed by atoms with Crippen molar-refractivity contribution in [1.82, 2.24) is 10.2 Å². The molecule has 2 aromatic carbocycles. The maximum atomic E-state index is 6.13. The van der Waals surface area contributed by atoms with Gasteiger partial charge in [0, 0.05) is 32.1 Å². The second kappa shape index (κ2) is 11.3. The quantitative estimate of drug-likeness (QED) is 0.415. The van der Waals surface area contributed by atoms with Gasteiger partial charge in [0.25, 0.3) is 0 Å². The fourth-order valence-electron chi connectivity index (χ4n) is 4.39. The molecule has 6 heteroatoms. The maximum absolute atomic E-state index is 6.13. The third-order valence-electron chi connectivity index (χ3n) is 6.14. The molecule has 2 fully saturated rings. The SMILES string of the molecule is CN=C(NCCOc1cccc2ccccc12)N1CCC(OCC2CCCCO2)CC1. The molecule has 0 radical (unpaired) electrons. The lowest BCUT2D eigenvalue weighted by Gasteiger charge is -2.35. The molecule has 4 rings (SSSR count). The van der Waals surface area contributed by atoms with E-state index >= 15 is 0 Å². The largest absolute Gasteiger partial charge is 0.491 e. The summed E-state index contributed by atoms with van der Waals surface area (Å²) in [6.45, 7) is 4.85. The molecule has 0 amide bonds. The number of piperidine rings is 1. The smallest absolute Gasteiger partial charge is 0.193 e. The third kappa shape index (κ3) is 6.11. The first kappa shape index (κ1) is 21.9. The lowest BCUT2D eigenvalue weighted by Crippen LogP contribution is -2.48. The van der Waals surface area contributed by atoms with Crippen molar-refractivity contribution in [1.29, 1.82) is 0 Å². The Morgan fingerprint density at radius 2 is 1.94 bits per heavy atom. The first-order valence-electron chi connectivity index (χ1n) is 11.6. The van der Waals surface area contributed by atoms with Crippen LogP contribution < -0.4 is 10.1 Å². The number of fused-ring (bicyclic) bond motifs is 1. The zero-order chi connectivity index (χ0) is 21.3. The first-order chi connectivity index (χ1) is 15.3. The van der Waals surface area contributed by atoms with Gasteiger partial charge < -0.3 is 24.4 Å². The highest BCUT2D eigenvalue weighted by molar-refractivity contribution is 5.88. The van der Waals surface area contributed by atoms with Crippen molar-refractivity contribution in [2.24, 2.45) is 4.99 Å². The third-order valence-corrected chi connectivity index (χ3v) is 6.14. The average molecular weight is 426 g/mol. The zero-order valence-electron chi connectivity index (χ0n) is 18.6. The van der Waals surface area contributed by atoms with Crippen molar-refractivity contribution < 1.29 is 14.2 Å². The molecule has 2 aromatic rings. The highest BCUT2D eigenvalue weighted by atomic mass is 16.5. The fraction of sp³-hybridized carbons (Fsp3) is 0.560. The minimum atomic E-state index is 0.294. The molecule has 2 heterocycles. The number of rotatable bonds is 7. The van der Waals surface area contributed by atoms with Crippen molar-refractivity contribution in [3.05, 3.63) is 42.5 Å². The van der Waals surface area contributed by atoms with Crippen LogP contribution in [0.25, 0.3) is 10.8 Å². The predicted molar refractivity (Wildman–Crippen MR) is 125 cm³/mol. The van der Waals surface area contributed by atoms with Crippen LogP contribution >= 0.6 is 0 Å². The number of guanidine groups is 1. The van der Waals surface area contributed by atoms with Gasteiger partial charge in [0.1, 0.15) is 12.4 Å². The highest BCUT2D eigenvalue weighted by Gasteiger charge is 2.23. The fourth-order valence-corrected chi connectivity index (χ4v) is 4.39. The van der Waals surface area contributed by atoms with Crippen LogP contribution in [0.1, 0.15) is 32.1 Å². The second-order valence-corrected chi connectivity index (χ2v) is 8.31. The summed E-state index contributed by atoms with van der Waals surface area (Å²) in [7, 11) is 1.84. The van der Waals surface area contributed by atoms with Gasteiger partial charge in [0.05, 0.1) is 25.4 Å². The van der Waals surface area contributed by atoms with E-state index < -0.39 is 0 Å². The molecule has 1 unspecified atom stereocenters. The van der Waals surface area contributed by atoms with E-state index in [4.69, 9.17) is 14.2 Å². The standard InChI is InChI=1S/C25H35N3O3/c1-26-25(27-14-18-30-24-11-6-8-20-7-2-3-10-23(20)24)28-15-12-21(13-16-28)31-19-22-9-4-5-17-29-22/h2-3,6-8,10-11,21-22H,4-5,9,12-19H2,1H3,(H,26,27). The number of nitrogens with one attached hydrogen (secondary N) is 1. The van der Waals surface area contributed by atoms with Crippen LogP contribution in [0.4, 0.5) is 0 Å². The molecule has 0 bridgehead atoms. The van der Waals surface area contributed by atoms with E-state index in [1.807, 2.05) is 25.2 Å². The van der Waals surface area contributed by atoms with Crippen LogP contribution in [0.5, 0.6) is 5.75 Å². The number of benzene rings is 2. The number of aliphatic imine (C=N–C) groups is 1. The second-order valence-electron chi connectivity index (χ2n) is 8.31.